The Balaban J connectivity index is 2.50. The molecule has 0 bridgehead atoms. The zero-order chi connectivity index (χ0) is 14.7. The maximum Gasteiger partial charge on any atom is 0.137 e. The Labute approximate surface area is 128 Å². The molecule has 2 aromatic rings. The van der Waals surface area contributed by atoms with E-state index < -0.39 is 0 Å². The van der Waals surface area contributed by atoms with Crippen molar-refractivity contribution in [2.75, 3.05) is 6.54 Å². The van der Waals surface area contributed by atoms with Gasteiger partial charge < -0.3 is 5.32 Å². The van der Waals surface area contributed by atoms with Crippen LogP contribution < -0.4 is 5.32 Å². The summed E-state index contributed by atoms with van der Waals surface area (Å²) < 4.78 is 14.3. The fourth-order valence-electron chi connectivity index (χ4n) is 2.30. The molecular weight excluding hydrogens is 317 g/mol. The fraction of sp³-hybridized carbons (Fsp3) is 0.294. The maximum absolute atomic E-state index is 13.8. The van der Waals surface area contributed by atoms with Gasteiger partial charge in [0.25, 0.3) is 0 Å². The van der Waals surface area contributed by atoms with Gasteiger partial charge in [0.2, 0.25) is 0 Å². The van der Waals surface area contributed by atoms with Gasteiger partial charge in [0.15, 0.2) is 0 Å². The van der Waals surface area contributed by atoms with Crippen molar-refractivity contribution in [1.82, 2.24) is 5.32 Å². The van der Waals surface area contributed by atoms with E-state index in [-0.39, 0.29) is 11.9 Å². The lowest BCUT2D eigenvalue weighted by atomic mass is 9.95. The fourth-order valence-corrected chi connectivity index (χ4v) is 2.79. The van der Waals surface area contributed by atoms with Gasteiger partial charge >= 0.3 is 0 Å². The van der Waals surface area contributed by atoms with Gasteiger partial charge in [0.1, 0.15) is 5.82 Å². The van der Waals surface area contributed by atoms with Crippen LogP contribution in [-0.4, -0.2) is 6.54 Å². The molecule has 1 N–H and O–H groups in total. The molecule has 0 amide bonds. The van der Waals surface area contributed by atoms with Gasteiger partial charge in [-0.05, 0) is 64.6 Å². The lowest BCUT2D eigenvalue weighted by Crippen LogP contribution is -2.22. The first-order valence-corrected chi connectivity index (χ1v) is 7.58. The van der Waals surface area contributed by atoms with Gasteiger partial charge in [-0.1, -0.05) is 37.3 Å². The summed E-state index contributed by atoms with van der Waals surface area (Å²) in [6.07, 6.45) is 0. The Hall–Kier alpha value is -1.19. The van der Waals surface area contributed by atoms with Crippen LogP contribution in [0.15, 0.2) is 40.9 Å². The first-order valence-electron chi connectivity index (χ1n) is 6.79. The molecule has 0 spiro atoms. The summed E-state index contributed by atoms with van der Waals surface area (Å²) in [7, 11) is 0. The summed E-state index contributed by atoms with van der Waals surface area (Å²) in [5.74, 6) is -0.228. The van der Waals surface area contributed by atoms with E-state index in [2.05, 4.69) is 60.2 Å². The molecule has 0 aliphatic carbocycles. The highest BCUT2D eigenvalue weighted by atomic mass is 79.9. The predicted molar refractivity (Wildman–Crippen MR) is 85.5 cm³/mol. The monoisotopic (exact) mass is 335 g/mol. The SMILES string of the molecule is CCNC(c1ccc(C)c(C)c1)c1cccc(F)c1Br. The van der Waals surface area contributed by atoms with Gasteiger partial charge in [-0.25, -0.2) is 4.39 Å². The Morgan fingerprint density at radius 1 is 1.15 bits per heavy atom. The smallest absolute Gasteiger partial charge is 0.137 e. The van der Waals surface area contributed by atoms with Gasteiger partial charge in [-0.15, -0.1) is 0 Å². The molecule has 20 heavy (non-hydrogen) atoms. The van der Waals surface area contributed by atoms with Crippen LogP contribution in [0.4, 0.5) is 4.39 Å². The average Bonchev–Trinajstić information content (AvgIpc) is 2.43. The van der Waals surface area contributed by atoms with E-state index in [0.29, 0.717) is 4.47 Å². The minimum absolute atomic E-state index is 0.00984. The summed E-state index contributed by atoms with van der Waals surface area (Å²) in [4.78, 5) is 0. The van der Waals surface area contributed by atoms with Crippen LogP contribution in [0.1, 0.15) is 35.2 Å². The van der Waals surface area contributed by atoms with Gasteiger partial charge in [-0.3, -0.25) is 0 Å². The first-order chi connectivity index (χ1) is 9.54. The second-order valence-corrected chi connectivity index (χ2v) is 5.77. The molecule has 0 saturated carbocycles. The maximum atomic E-state index is 13.8. The van der Waals surface area contributed by atoms with Crippen molar-refractivity contribution in [2.24, 2.45) is 0 Å². The number of rotatable bonds is 4. The standard InChI is InChI=1S/C17H19BrFN/c1-4-20-17(13-9-8-11(2)12(3)10-13)14-6-5-7-15(19)16(14)18/h5-10,17,20H,4H2,1-3H3. The molecule has 1 nitrogen and oxygen atoms in total. The number of benzene rings is 2. The lowest BCUT2D eigenvalue weighted by Gasteiger charge is -2.21. The van der Waals surface area contributed by atoms with Crippen molar-refractivity contribution in [3.8, 4) is 0 Å². The molecule has 0 aliphatic rings. The van der Waals surface area contributed by atoms with Crippen molar-refractivity contribution in [3.63, 3.8) is 0 Å². The molecule has 0 heterocycles. The summed E-state index contributed by atoms with van der Waals surface area (Å²) in [5.41, 5.74) is 4.59. The minimum atomic E-state index is -0.228. The van der Waals surface area contributed by atoms with E-state index in [1.54, 1.807) is 6.07 Å². The van der Waals surface area contributed by atoms with Crippen molar-refractivity contribution in [3.05, 3.63) is 68.9 Å². The molecule has 0 aliphatic heterocycles. The van der Waals surface area contributed by atoms with Crippen molar-refractivity contribution >= 4 is 15.9 Å². The summed E-state index contributed by atoms with van der Waals surface area (Å²) >= 11 is 3.37. The Morgan fingerprint density at radius 3 is 2.55 bits per heavy atom. The lowest BCUT2D eigenvalue weighted by molar-refractivity contribution is 0.595. The predicted octanol–water partition coefficient (Wildman–Crippen LogP) is 4.90. The van der Waals surface area contributed by atoms with Crippen LogP contribution in [0.25, 0.3) is 0 Å². The van der Waals surface area contributed by atoms with Crippen LogP contribution in [0.3, 0.4) is 0 Å². The highest BCUT2D eigenvalue weighted by Crippen LogP contribution is 2.31. The van der Waals surface area contributed by atoms with Crippen LogP contribution in [-0.2, 0) is 0 Å². The second kappa shape index (κ2) is 6.51. The Bertz CT molecular complexity index is 610. The van der Waals surface area contributed by atoms with Crippen LogP contribution in [0, 0.1) is 19.7 Å². The Morgan fingerprint density at radius 2 is 1.90 bits per heavy atom. The average molecular weight is 336 g/mol. The van der Waals surface area contributed by atoms with Crippen LogP contribution in [0.2, 0.25) is 0 Å². The van der Waals surface area contributed by atoms with E-state index in [4.69, 9.17) is 0 Å². The van der Waals surface area contributed by atoms with Crippen molar-refractivity contribution in [2.45, 2.75) is 26.8 Å². The van der Waals surface area contributed by atoms with E-state index in [1.807, 2.05) is 6.07 Å². The van der Waals surface area contributed by atoms with Gasteiger partial charge in [0.05, 0.1) is 10.5 Å². The first kappa shape index (κ1) is 15.2. The molecule has 106 valence electrons. The molecule has 2 aromatic carbocycles. The number of aryl methyl sites for hydroxylation is 2. The second-order valence-electron chi connectivity index (χ2n) is 4.98. The molecular formula is C17H19BrFN. The van der Waals surface area contributed by atoms with Gasteiger partial charge in [-0.2, -0.15) is 0 Å². The molecule has 0 saturated heterocycles. The van der Waals surface area contributed by atoms with E-state index in [9.17, 15) is 4.39 Å². The zero-order valence-electron chi connectivity index (χ0n) is 12.0. The number of hydrogen-bond acceptors (Lipinski definition) is 1. The molecule has 2 rings (SSSR count). The third kappa shape index (κ3) is 3.10. The third-order valence-corrected chi connectivity index (χ3v) is 4.40. The Kier molecular flexibility index (Phi) is 4.95. The summed E-state index contributed by atoms with van der Waals surface area (Å²) in [6, 6.07) is 11.5. The van der Waals surface area contributed by atoms with Crippen molar-refractivity contribution in [1.29, 1.82) is 0 Å². The molecule has 0 aromatic heterocycles. The molecule has 0 radical (unpaired) electrons. The molecule has 0 fully saturated rings. The van der Waals surface area contributed by atoms with Crippen LogP contribution in [0.5, 0.6) is 0 Å². The van der Waals surface area contributed by atoms with E-state index in [0.717, 1.165) is 17.7 Å². The highest BCUT2D eigenvalue weighted by molar-refractivity contribution is 9.10. The van der Waals surface area contributed by atoms with Crippen molar-refractivity contribution < 1.29 is 4.39 Å². The van der Waals surface area contributed by atoms with Gasteiger partial charge in [0, 0.05) is 0 Å². The van der Waals surface area contributed by atoms with E-state index >= 15 is 0 Å². The quantitative estimate of drug-likeness (QED) is 0.837. The normalized spacial score (nSPS) is 12.4. The summed E-state index contributed by atoms with van der Waals surface area (Å²) in [6.45, 7) is 7.07. The molecule has 1 unspecified atom stereocenters. The van der Waals surface area contributed by atoms with Crippen LogP contribution >= 0.6 is 15.9 Å². The zero-order valence-corrected chi connectivity index (χ0v) is 13.6. The van der Waals surface area contributed by atoms with E-state index in [1.165, 1.54) is 17.2 Å². The number of hydrogen-bond donors (Lipinski definition) is 1. The minimum Gasteiger partial charge on any atom is -0.306 e. The highest BCUT2D eigenvalue weighted by Gasteiger charge is 2.18. The summed E-state index contributed by atoms with van der Waals surface area (Å²) in [5, 5.41) is 3.43. The number of nitrogens with one attached hydrogen (secondary N) is 1. The molecule has 1 atom stereocenters. The third-order valence-electron chi connectivity index (χ3n) is 3.57. The molecule has 3 heteroatoms. The topological polar surface area (TPSA) is 12.0 Å². The largest absolute Gasteiger partial charge is 0.306 e. The number of halogens is 2.